The summed E-state index contributed by atoms with van der Waals surface area (Å²) in [6, 6.07) is 51.8. The Kier molecular flexibility index (Phi) is 12.8. The number of fused-ring (bicyclic) bond motifs is 3. The molecule has 5 heteroatoms. The molecular weight excluding hydrogens is 881 g/mol. The van der Waals surface area contributed by atoms with Gasteiger partial charge in [0, 0.05) is 37.2 Å². The average Bonchev–Trinajstić information content (AvgIpc) is 3.56. The van der Waals surface area contributed by atoms with E-state index in [9.17, 15) is 0 Å². The van der Waals surface area contributed by atoms with Gasteiger partial charge in [0.2, 0.25) is 0 Å². The summed E-state index contributed by atoms with van der Waals surface area (Å²) in [5.74, 6) is 1.14. The fourth-order valence-electron chi connectivity index (χ4n) is 7.04. The van der Waals surface area contributed by atoms with Crippen molar-refractivity contribution in [3.8, 4) is 44.8 Å². The zero-order valence-corrected chi connectivity index (χ0v) is 37.0. The molecule has 0 N–H and O–H groups in total. The molecule has 0 aliphatic heterocycles. The molecule has 55 heavy (non-hydrogen) atoms. The van der Waals surface area contributed by atoms with E-state index in [1.165, 1.54) is 58.7 Å². The van der Waals surface area contributed by atoms with E-state index in [0.717, 1.165) is 28.9 Å². The molecule has 1 radical (unpaired) electrons. The molecule has 3 heterocycles. The third-order valence-corrected chi connectivity index (χ3v) is 13.1. The molecule has 0 bridgehead atoms. The van der Waals surface area contributed by atoms with Gasteiger partial charge in [-0.05, 0) is 91.4 Å². The van der Waals surface area contributed by atoms with Crippen molar-refractivity contribution in [2.24, 2.45) is 5.92 Å². The number of benzene rings is 5. The van der Waals surface area contributed by atoms with Crippen LogP contribution in [0.3, 0.4) is 0 Å². The van der Waals surface area contributed by atoms with E-state index < -0.39 is 8.07 Å². The smallest absolute Gasteiger partial charge is 0.0798 e. The Balaban J connectivity index is 0.000000211. The van der Waals surface area contributed by atoms with Gasteiger partial charge in [-0.1, -0.05) is 131 Å². The molecule has 3 aromatic heterocycles. The zero-order valence-electron chi connectivity index (χ0n) is 32.8. The van der Waals surface area contributed by atoms with Crippen molar-refractivity contribution in [1.29, 1.82) is 0 Å². The summed E-state index contributed by atoms with van der Waals surface area (Å²) >= 11 is 1.83. The Labute approximate surface area is 346 Å². The number of hydrogen-bond donors (Lipinski definition) is 0. The Bertz CT molecular complexity index is 2520. The Morgan fingerprint density at radius 2 is 1.36 bits per heavy atom. The minimum atomic E-state index is -1.34. The number of nitrogens with zero attached hydrogens (tertiary/aromatic N) is 2. The standard InChI is InChI=1S/C32H24NS.C18H24NSi.Ir/c1-21(2)23-16-17-33-30(20-23)28-13-7-12-27-29-19-26(14-15-31(29)34-32(27)28)25-11-6-10-24(18-25)22-8-4-3-5-9-22;1-14(2)11-16-12-17(15-9-7-6-8-10-15)19-13-18(16)20(3,4)5;/h3-12,14-21H,1-2H3;6-9,12-14H,11H2,1-5H3;/q2*-1;. The number of hydrogen-bond acceptors (Lipinski definition) is 3. The molecule has 0 saturated heterocycles. The van der Waals surface area contributed by atoms with Gasteiger partial charge in [0.25, 0.3) is 0 Å². The van der Waals surface area contributed by atoms with Crippen LogP contribution in [0, 0.1) is 18.1 Å². The van der Waals surface area contributed by atoms with E-state index in [1.54, 1.807) is 0 Å². The molecule has 5 aromatic carbocycles. The maximum Gasteiger partial charge on any atom is 0.0798 e. The maximum absolute atomic E-state index is 4.69. The first kappa shape index (κ1) is 40.2. The van der Waals surface area contributed by atoms with Crippen LogP contribution in [0.2, 0.25) is 19.6 Å². The first-order chi connectivity index (χ1) is 26.0. The summed E-state index contributed by atoms with van der Waals surface area (Å²) in [4.78, 5) is 9.38. The maximum atomic E-state index is 4.69. The van der Waals surface area contributed by atoms with E-state index in [-0.39, 0.29) is 20.1 Å². The third kappa shape index (κ3) is 9.31. The SMILES string of the molecule is CC(C)Cc1cc(-c2[c-]cccc2)ncc1[Si](C)(C)C.CC(C)c1ccnc(-c2[c-]ccc3c2sc2ccc(-c4cccc(-c5ccccc5)c4)cc23)c1.[Ir]. The molecule has 8 aromatic rings. The fourth-order valence-corrected chi connectivity index (χ4v) is 9.82. The van der Waals surface area contributed by atoms with Crippen molar-refractivity contribution >= 4 is 44.8 Å². The second-order valence-electron chi connectivity index (χ2n) is 15.8. The van der Waals surface area contributed by atoms with Crippen LogP contribution in [-0.2, 0) is 26.5 Å². The normalized spacial score (nSPS) is 11.4. The van der Waals surface area contributed by atoms with E-state index >= 15 is 0 Å². The van der Waals surface area contributed by atoms with Crippen molar-refractivity contribution in [3.63, 3.8) is 0 Å². The summed E-state index contributed by atoms with van der Waals surface area (Å²) in [6.45, 7) is 16.2. The first-order valence-corrected chi connectivity index (χ1v) is 23.3. The first-order valence-electron chi connectivity index (χ1n) is 19.0. The van der Waals surface area contributed by atoms with E-state index in [0.29, 0.717) is 11.8 Å². The Hall–Kier alpha value is -4.51. The number of aromatic nitrogens is 2. The van der Waals surface area contributed by atoms with Crippen LogP contribution in [0.4, 0.5) is 0 Å². The topological polar surface area (TPSA) is 25.8 Å². The molecule has 279 valence electrons. The Morgan fingerprint density at radius 3 is 2.07 bits per heavy atom. The van der Waals surface area contributed by atoms with Crippen LogP contribution in [0.1, 0.15) is 44.7 Å². The molecule has 0 fully saturated rings. The molecule has 0 spiro atoms. The molecule has 0 aliphatic carbocycles. The molecule has 8 rings (SSSR count). The van der Waals surface area contributed by atoms with Gasteiger partial charge >= 0.3 is 0 Å². The van der Waals surface area contributed by atoms with E-state index in [2.05, 4.69) is 174 Å². The van der Waals surface area contributed by atoms with Gasteiger partial charge in [0.1, 0.15) is 0 Å². The predicted octanol–water partition coefficient (Wildman–Crippen LogP) is 13.7. The summed E-state index contributed by atoms with van der Waals surface area (Å²) in [5.41, 5.74) is 11.9. The molecule has 0 atom stereocenters. The minimum Gasteiger partial charge on any atom is -0.305 e. The number of thiophene rings is 1. The van der Waals surface area contributed by atoms with Crippen molar-refractivity contribution in [2.45, 2.75) is 59.7 Å². The van der Waals surface area contributed by atoms with Crippen molar-refractivity contribution in [1.82, 2.24) is 9.97 Å². The second-order valence-corrected chi connectivity index (χ2v) is 21.9. The van der Waals surface area contributed by atoms with Crippen LogP contribution in [-0.4, -0.2) is 18.0 Å². The molecular formula is C50H48IrN2SSi-2. The number of rotatable bonds is 8. The monoisotopic (exact) mass is 929 g/mol. The summed E-state index contributed by atoms with van der Waals surface area (Å²) in [5, 5.41) is 4.05. The second kappa shape index (κ2) is 17.5. The molecule has 2 nitrogen and oxygen atoms in total. The van der Waals surface area contributed by atoms with E-state index in [1.807, 2.05) is 41.8 Å². The van der Waals surface area contributed by atoms with Gasteiger partial charge in [-0.3, -0.25) is 0 Å². The van der Waals surface area contributed by atoms with Gasteiger partial charge < -0.3 is 9.97 Å². The van der Waals surface area contributed by atoms with Crippen molar-refractivity contribution in [2.75, 3.05) is 0 Å². The number of pyridine rings is 2. The van der Waals surface area contributed by atoms with Crippen LogP contribution < -0.4 is 5.19 Å². The van der Waals surface area contributed by atoms with Gasteiger partial charge in [-0.15, -0.1) is 59.7 Å². The molecule has 0 aliphatic rings. The minimum absolute atomic E-state index is 0. The third-order valence-electron chi connectivity index (χ3n) is 9.85. The summed E-state index contributed by atoms with van der Waals surface area (Å²) in [7, 11) is -1.34. The molecule has 0 amide bonds. The van der Waals surface area contributed by atoms with Crippen LogP contribution in [0.25, 0.3) is 64.9 Å². The van der Waals surface area contributed by atoms with Gasteiger partial charge in [-0.25, -0.2) is 0 Å². The summed E-state index contributed by atoms with van der Waals surface area (Å²) < 4.78 is 2.54. The average molecular weight is 929 g/mol. The fraction of sp³-hybridized carbons (Fsp3) is 0.200. The van der Waals surface area contributed by atoms with Crippen LogP contribution >= 0.6 is 11.3 Å². The van der Waals surface area contributed by atoms with Crippen LogP contribution in [0.5, 0.6) is 0 Å². The molecule has 0 saturated carbocycles. The van der Waals surface area contributed by atoms with E-state index in [4.69, 9.17) is 4.98 Å². The van der Waals surface area contributed by atoms with Gasteiger partial charge in [0.15, 0.2) is 0 Å². The largest absolute Gasteiger partial charge is 0.305 e. The summed E-state index contributed by atoms with van der Waals surface area (Å²) in [6.07, 6.45) is 5.16. The zero-order chi connectivity index (χ0) is 37.8. The van der Waals surface area contributed by atoms with Crippen molar-refractivity contribution < 1.29 is 20.1 Å². The van der Waals surface area contributed by atoms with Crippen molar-refractivity contribution in [3.05, 3.63) is 163 Å². The van der Waals surface area contributed by atoms with Gasteiger partial charge in [0.05, 0.1) is 8.07 Å². The van der Waals surface area contributed by atoms with Crippen LogP contribution in [0.15, 0.2) is 140 Å². The predicted molar refractivity (Wildman–Crippen MR) is 236 cm³/mol. The molecule has 0 unspecified atom stereocenters. The Morgan fingerprint density at radius 1 is 0.636 bits per heavy atom. The quantitative estimate of drug-likeness (QED) is 0.112. The van der Waals surface area contributed by atoms with Gasteiger partial charge in [-0.2, -0.15) is 11.3 Å².